The molecule has 0 fully saturated rings. The van der Waals surface area contributed by atoms with E-state index >= 15 is 0 Å². The van der Waals surface area contributed by atoms with E-state index in [2.05, 4.69) is 0 Å². The lowest BCUT2D eigenvalue weighted by Crippen LogP contribution is -2.13. The molecule has 0 saturated heterocycles. The van der Waals surface area contributed by atoms with Gasteiger partial charge in [0.2, 0.25) is 0 Å². The second-order valence-electron chi connectivity index (χ2n) is 7.87. The van der Waals surface area contributed by atoms with Gasteiger partial charge in [0.05, 0.1) is 4.92 Å². The molecule has 0 bridgehead atoms. The molecule has 7 heteroatoms. The molecule has 33 heavy (non-hydrogen) atoms. The van der Waals surface area contributed by atoms with Crippen LogP contribution in [-0.2, 0) is 29.1 Å². The van der Waals surface area contributed by atoms with Crippen LogP contribution in [0.3, 0.4) is 0 Å². The lowest BCUT2D eigenvalue weighted by atomic mass is 10.1. The fourth-order valence-electron chi connectivity index (χ4n) is 3.76. The van der Waals surface area contributed by atoms with Crippen molar-refractivity contribution in [2.45, 2.75) is 26.5 Å². The van der Waals surface area contributed by atoms with Crippen LogP contribution in [0.1, 0.15) is 34.1 Å². The van der Waals surface area contributed by atoms with Gasteiger partial charge in [-0.3, -0.25) is 14.9 Å². The van der Waals surface area contributed by atoms with Crippen LogP contribution in [0.25, 0.3) is 10.9 Å². The summed E-state index contributed by atoms with van der Waals surface area (Å²) in [5, 5.41) is 11.8. The summed E-state index contributed by atoms with van der Waals surface area (Å²) < 4.78 is 7.40. The molecule has 0 aliphatic rings. The van der Waals surface area contributed by atoms with Crippen LogP contribution < -0.4 is 0 Å². The number of rotatable bonds is 8. The van der Waals surface area contributed by atoms with Crippen molar-refractivity contribution in [3.05, 3.63) is 111 Å². The Hall–Kier alpha value is -4.26. The van der Waals surface area contributed by atoms with E-state index in [0.717, 1.165) is 27.6 Å². The van der Waals surface area contributed by atoms with Gasteiger partial charge in [-0.25, -0.2) is 4.79 Å². The van der Waals surface area contributed by atoms with E-state index in [-0.39, 0.29) is 18.1 Å². The normalized spacial score (nSPS) is 10.8. The second kappa shape index (κ2) is 9.48. The zero-order valence-electron chi connectivity index (χ0n) is 18.1. The summed E-state index contributed by atoms with van der Waals surface area (Å²) >= 11 is 0. The number of nitro groups is 1. The van der Waals surface area contributed by atoms with Gasteiger partial charge < -0.3 is 9.30 Å². The molecule has 3 aromatic carbocycles. The fourth-order valence-corrected chi connectivity index (χ4v) is 3.76. The third kappa shape index (κ3) is 5.15. The minimum absolute atomic E-state index is 0.00693. The molecule has 0 aliphatic carbocycles. The predicted octanol–water partition coefficient (Wildman–Crippen LogP) is 5.09. The first-order chi connectivity index (χ1) is 15.9. The standard InChI is InChI=1S/C26H22N2O5/c1-18(29)13-21-9-12-24-22(14-21)15-25(26(30)33-17-20-5-3-2-4-6-20)27(24)16-19-7-10-23(11-8-19)28(31)32/h2-12,14-15H,13,16-17H2,1H3. The highest BCUT2D eigenvalue weighted by molar-refractivity contribution is 5.96. The zero-order chi connectivity index (χ0) is 23.4. The van der Waals surface area contributed by atoms with Crippen molar-refractivity contribution >= 4 is 28.3 Å². The molecule has 1 heterocycles. The Morgan fingerprint density at radius 2 is 1.61 bits per heavy atom. The molecule has 0 radical (unpaired) electrons. The number of non-ortho nitro benzene ring substituents is 1. The fraction of sp³-hybridized carbons (Fsp3) is 0.154. The number of aromatic nitrogens is 1. The second-order valence-corrected chi connectivity index (χ2v) is 7.87. The first-order valence-corrected chi connectivity index (χ1v) is 10.5. The lowest BCUT2D eigenvalue weighted by molar-refractivity contribution is -0.384. The van der Waals surface area contributed by atoms with Crippen LogP contribution in [0, 0.1) is 10.1 Å². The number of fused-ring (bicyclic) bond motifs is 1. The van der Waals surface area contributed by atoms with Crippen molar-refractivity contribution in [3.8, 4) is 0 Å². The Balaban J connectivity index is 1.68. The number of esters is 1. The molecule has 0 N–H and O–H groups in total. The van der Waals surface area contributed by atoms with E-state index in [1.807, 2.05) is 53.1 Å². The monoisotopic (exact) mass is 442 g/mol. The van der Waals surface area contributed by atoms with Gasteiger partial charge >= 0.3 is 5.97 Å². The zero-order valence-corrected chi connectivity index (χ0v) is 18.1. The summed E-state index contributed by atoms with van der Waals surface area (Å²) in [6.07, 6.45) is 0.317. The summed E-state index contributed by atoms with van der Waals surface area (Å²) in [5.74, 6) is -0.410. The van der Waals surface area contributed by atoms with Gasteiger partial charge in [0.25, 0.3) is 5.69 Å². The van der Waals surface area contributed by atoms with Gasteiger partial charge in [-0.05, 0) is 41.8 Å². The first-order valence-electron chi connectivity index (χ1n) is 10.5. The number of ether oxygens (including phenoxy) is 1. The number of nitro benzene ring substituents is 1. The van der Waals surface area contributed by atoms with Crippen LogP contribution in [0.15, 0.2) is 78.9 Å². The average Bonchev–Trinajstić information content (AvgIpc) is 3.15. The maximum absolute atomic E-state index is 13.0. The number of ketones is 1. The highest BCUT2D eigenvalue weighted by Crippen LogP contribution is 2.25. The van der Waals surface area contributed by atoms with Crippen LogP contribution in [0.2, 0.25) is 0 Å². The quantitative estimate of drug-likeness (QED) is 0.215. The van der Waals surface area contributed by atoms with Crippen LogP contribution in [0.4, 0.5) is 5.69 Å². The molecule has 0 aliphatic heterocycles. The SMILES string of the molecule is CC(=O)Cc1ccc2c(c1)cc(C(=O)OCc1ccccc1)n2Cc1ccc([N+](=O)[O-])cc1. The number of Topliss-reactive ketones (excluding diaryl/α,β-unsaturated/α-hetero) is 1. The molecule has 0 saturated carbocycles. The van der Waals surface area contributed by atoms with Crippen molar-refractivity contribution in [1.82, 2.24) is 4.57 Å². The number of carbonyl (C=O) groups is 2. The Morgan fingerprint density at radius 1 is 0.909 bits per heavy atom. The largest absolute Gasteiger partial charge is 0.456 e. The Morgan fingerprint density at radius 3 is 2.27 bits per heavy atom. The Bertz CT molecular complexity index is 1320. The molecule has 4 rings (SSSR count). The molecule has 1 aromatic heterocycles. The van der Waals surface area contributed by atoms with Crippen molar-refractivity contribution in [2.24, 2.45) is 0 Å². The van der Waals surface area contributed by atoms with E-state index in [0.29, 0.717) is 18.7 Å². The highest BCUT2D eigenvalue weighted by atomic mass is 16.6. The molecule has 4 aromatic rings. The number of carbonyl (C=O) groups excluding carboxylic acids is 2. The van der Waals surface area contributed by atoms with Gasteiger partial charge in [-0.1, -0.05) is 48.5 Å². The van der Waals surface area contributed by atoms with Gasteiger partial charge in [-0.15, -0.1) is 0 Å². The minimum Gasteiger partial charge on any atom is -0.456 e. The van der Waals surface area contributed by atoms with E-state index in [9.17, 15) is 19.7 Å². The summed E-state index contributed by atoms with van der Waals surface area (Å²) in [6, 6.07) is 23.1. The average molecular weight is 442 g/mol. The smallest absolute Gasteiger partial charge is 0.355 e. The Kier molecular flexibility index (Phi) is 6.31. The molecule has 7 nitrogen and oxygen atoms in total. The van der Waals surface area contributed by atoms with E-state index in [1.54, 1.807) is 18.2 Å². The third-order valence-corrected chi connectivity index (χ3v) is 5.33. The van der Waals surface area contributed by atoms with Crippen molar-refractivity contribution in [1.29, 1.82) is 0 Å². The third-order valence-electron chi connectivity index (χ3n) is 5.33. The number of hydrogen-bond acceptors (Lipinski definition) is 5. The predicted molar refractivity (Wildman–Crippen MR) is 124 cm³/mol. The number of hydrogen-bond donors (Lipinski definition) is 0. The lowest BCUT2D eigenvalue weighted by Gasteiger charge is -2.11. The maximum atomic E-state index is 13.0. The molecule has 166 valence electrons. The molecule has 0 spiro atoms. The highest BCUT2D eigenvalue weighted by Gasteiger charge is 2.18. The van der Waals surface area contributed by atoms with Gasteiger partial charge in [0, 0.05) is 36.0 Å². The van der Waals surface area contributed by atoms with Crippen molar-refractivity contribution in [3.63, 3.8) is 0 Å². The topological polar surface area (TPSA) is 91.4 Å². The van der Waals surface area contributed by atoms with Crippen molar-refractivity contribution in [2.75, 3.05) is 0 Å². The summed E-state index contributed by atoms with van der Waals surface area (Å²) in [6.45, 7) is 2.02. The number of benzene rings is 3. The van der Waals surface area contributed by atoms with Gasteiger partial charge in [-0.2, -0.15) is 0 Å². The molecular formula is C26H22N2O5. The molecule has 0 atom stereocenters. The summed E-state index contributed by atoms with van der Waals surface area (Å²) in [7, 11) is 0. The molecule has 0 amide bonds. The van der Waals surface area contributed by atoms with E-state index in [1.165, 1.54) is 19.1 Å². The summed E-state index contributed by atoms with van der Waals surface area (Å²) in [5.41, 5.74) is 3.75. The Labute approximate surface area is 190 Å². The maximum Gasteiger partial charge on any atom is 0.355 e. The van der Waals surface area contributed by atoms with Gasteiger partial charge in [0.15, 0.2) is 0 Å². The van der Waals surface area contributed by atoms with Crippen LogP contribution >= 0.6 is 0 Å². The summed E-state index contributed by atoms with van der Waals surface area (Å²) in [4.78, 5) is 35.1. The van der Waals surface area contributed by atoms with Gasteiger partial charge in [0.1, 0.15) is 18.1 Å². The van der Waals surface area contributed by atoms with Crippen LogP contribution in [0.5, 0.6) is 0 Å². The van der Waals surface area contributed by atoms with E-state index < -0.39 is 10.9 Å². The van der Waals surface area contributed by atoms with Crippen molar-refractivity contribution < 1.29 is 19.2 Å². The van der Waals surface area contributed by atoms with E-state index in [4.69, 9.17) is 4.74 Å². The molecular weight excluding hydrogens is 420 g/mol. The minimum atomic E-state index is -0.468. The first kappa shape index (κ1) is 22.0. The van der Waals surface area contributed by atoms with Crippen LogP contribution in [-0.4, -0.2) is 21.2 Å². The molecule has 0 unspecified atom stereocenters. The number of nitrogens with zero attached hydrogens (tertiary/aromatic N) is 2.